The van der Waals surface area contributed by atoms with E-state index in [1.165, 1.54) is 11.1 Å². The number of rotatable bonds is 2. The van der Waals surface area contributed by atoms with Gasteiger partial charge in [-0.2, -0.15) is 0 Å². The standard InChI is InChI=1S/C17H22N2O/c20-18-16-6-8-17(9-7-16)19-12-10-15(11-13-19)14-4-2-1-3-5-14/h1-5,10,17,20H,6-9,11-13H2. The average Bonchev–Trinajstić information content (AvgIpc) is 2.56. The zero-order chi connectivity index (χ0) is 13.8. The maximum atomic E-state index is 8.81. The number of nitrogens with zero attached hydrogens (tertiary/aromatic N) is 2. The van der Waals surface area contributed by atoms with Crippen molar-refractivity contribution in [2.45, 2.75) is 38.1 Å². The summed E-state index contributed by atoms with van der Waals surface area (Å²) < 4.78 is 0. The second kappa shape index (κ2) is 6.23. The molecule has 1 aliphatic carbocycles. The fraction of sp³-hybridized carbons (Fsp3) is 0.471. The van der Waals surface area contributed by atoms with Crippen LogP contribution in [-0.2, 0) is 0 Å². The maximum Gasteiger partial charge on any atom is 0.0572 e. The van der Waals surface area contributed by atoms with Gasteiger partial charge in [-0.05, 0) is 43.2 Å². The van der Waals surface area contributed by atoms with E-state index in [0.29, 0.717) is 6.04 Å². The van der Waals surface area contributed by atoms with E-state index in [9.17, 15) is 0 Å². The summed E-state index contributed by atoms with van der Waals surface area (Å²) in [6.07, 6.45) is 7.69. The van der Waals surface area contributed by atoms with Crippen LogP contribution in [0.1, 0.15) is 37.7 Å². The minimum Gasteiger partial charge on any atom is -0.411 e. The minimum atomic E-state index is 0.661. The van der Waals surface area contributed by atoms with Gasteiger partial charge >= 0.3 is 0 Å². The van der Waals surface area contributed by atoms with Gasteiger partial charge in [0.2, 0.25) is 0 Å². The Labute approximate surface area is 120 Å². The highest BCUT2D eigenvalue weighted by Crippen LogP contribution is 2.27. The molecule has 0 saturated heterocycles. The van der Waals surface area contributed by atoms with Gasteiger partial charge in [-0.3, -0.25) is 4.90 Å². The van der Waals surface area contributed by atoms with Crippen molar-refractivity contribution in [3.05, 3.63) is 42.0 Å². The number of hydrogen-bond donors (Lipinski definition) is 1. The summed E-state index contributed by atoms with van der Waals surface area (Å²) in [5, 5.41) is 12.2. The molecule has 0 radical (unpaired) electrons. The Kier molecular flexibility index (Phi) is 4.16. The molecule has 1 aromatic rings. The molecule has 1 aliphatic heterocycles. The highest BCUT2D eigenvalue weighted by molar-refractivity contribution is 5.84. The zero-order valence-electron chi connectivity index (χ0n) is 11.8. The smallest absolute Gasteiger partial charge is 0.0572 e. The highest BCUT2D eigenvalue weighted by Gasteiger charge is 2.25. The number of benzene rings is 1. The molecular formula is C17H22N2O. The summed E-state index contributed by atoms with van der Waals surface area (Å²) in [7, 11) is 0. The van der Waals surface area contributed by atoms with Crippen molar-refractivity contribution in [3.63, 3.8) is 0 Å². The van der Waals surface area contributed by atoms with Crippen molar-refractivity contribution < 1.29 is 5.21 Å². The fourth-order valence-corrected chi connectivity index (χ4v) is 3.33. The number of oxime groups is 1. The van der Waals surface area contributed by atoms with Gasteiger partial charge in [0.05, 0.1) is 5.71 Å². The molecule has 1 fully saturated rings. The molecule has 1 heterocycles. The van der Waals surface area contributed by atoms with Crippen molar-refractivity contribution in [1.29, 1.82) is 0 Å². The first-order valence-electron chi connectivity index (χ1n) is 7.55. The lowest BCUT2D eigenvalue weighted by molar-refractivity contribution is 0.190. The van der Waals surface area contributed by atoms with Crippen LogP contribution in [0.15, 0.2) is 41.6 Å². The predicted octanol–water partition coefficient (Wildman–Crippen LogP) is 3.55. The van der Waals surface area contributed by atoms with Crippen molar-refractivity contribution in [2.75, 3.05) is 13.1 Å². The maximum absolute atomic E-state index is 8.81. The summed E-state index contributed by atoms with van der Waals surface area (Å²) >= 11 is 0. The van der Waals surface area contributed by atoms with Crippen LogP contribution in [0, 0.1) is 0 Å². The van der Waals surface area contributed by atoms with E-state index in [1.807, 2.05) is 0 Å². The molecule has 0 atom stereocenters. The summed E-state index contributed by atoms with van der Waals surface area (Å²) in [4.78, 5) is 2.58. The van der Waals surface area contributed by atoms with Crippen LogP contribution in [0.3, 0.4) is 0 Å². The van der Waals surface area contributed by atoms with Crippen molar-refractivity contribution in [1.82, 2.24) is 4.90 Å². The van der Waals surface area contributed by atoms with Crippen LogP contribution in [0.25, 0.3) is 5.57 Å². The first-order valence-corrected chi connectivity index (χ1v) is 7.55. The molecule has 3 rings (SSSR count). The van der Waals surface area contributed by atoms with E-state index in [1.54, 1.807) is 0 Å². The Morgan fingerprint density at radius 2 is 1.80 bits per heavy atom. The van der Waals surface area contributed by atoms with E-state index < -0.39 is 0 Å². The Bertz CT molecular complexity index is 497. The normalized spacial score (nSPS) is 24.3. The van der Waals surface area contributed by atoms with Gasteiger partial charge in [-0.1, -0.05) is 41.6 Å². The third-order valence-corrected chi connectivity index (χ3v) is 4.58. The second-order valence-electron chi connectivity index (χ2n) is 5.74. The lowest BCUT2D eigenvalue weighted by Gasteiger charge is -2.36. The number of hydrogen-bond acceptors (Lipinski definition) is 3. The van der Waals surface area contributed by atoms with E-state index in [4.69, 9.17) is 5.21 Å². The largest absolute Gasteiger partial charge is 0.411 e. The second-order valence-corrected chi connectivity index (χ2v) is 5.74. The SMILES string of the molecule is ON=C1CCC(N2CC=C(c3ccccc3)CC2)CC1. The van der Waals surface area contributed by atoms with Crippen LogP contribution in [0.4, 0.5) is 0 Å². The van der Waals surface area contributed by atoms with Gasteiger partial charge in [-0.15, -0.1) is 0 Å². The molecule has 1 aromatic carbocycles. The van der Waals surface area contributed by atoms with Gasteiger partial charge in [0.15, 0.2) is 0 Å². The predicted molar refractivity (Wildman–Crippen MR) is 82.1 cm³/mol. The monoisotopic (exact) mass is 270 g/mol. The van der Waals surface area contributed by atoms with Crippen LogP contribution in [0.5, 0.6) is 0 Å². The van der Waals surface area contributed by atoms with E-state index in [0.717, 1.165) is 50.9 Å². The average molecular weight is 270 g/mol. The molecular weight excluding hydrogens is 248 g/mol. The van der Waals surface area contributed by atoms with Gasteiger partial charge in [-0.25, -0.2) is 0 Å². The molecule has 0 amide bonds. The molecule has 20 heavy (non-hydrogen) atoms. The molecule has 1 saturated carbocycles. The molecule has 0 bridgehead atoms. The third-order valence-electron chi connectivity index (χ3n) is 4.58. The third kappa shape index (κ3) is 2.93. The molecule has 2 aliphatic rings. The molecule has 0 spiro atoms. The van der Waals surface area contributed by atoms with Gasteiger partial charge < -0.3 is 5.21 Å². The summed E-state index contributed by atoms with van der Waals surface area (Å²) in [5.74, 6) is 0. The summed E-state index contributed by atoms with van der Waals surface area (Å²) in [6, 6.07) is 11.4. The van der Waals surface area contributed by atoms with Crippen molar-refractivity contribution >= 4 is 11.3 Å². The highest BCUT2D eigenvalue weighted by atomic mass is 16.4. The van der Waals surface area contributed by atoms with E-state index in [-0.39, 0.29) is 0 Å². The van der Waals surface area contributed by atoms with Gasteiger partial charge in [0.25, 0.3) is 0 Å². The molecule has 106 valence electrons. The van der Waals surface area contributed by atoms with Crippen LogP contribution in [0.2, 0.25) is 0 Å². The molecule has 3 nitrogen and oxygen atoms in total. The first-order chi connectivity index (χ1) is 9.86. The Morgan fingerprint density at radius 1 is 1.05 bits per heavy atom. The molecule has 0 aromatic heterocycles. The Morgan fingerprint density at radius 3 is 2.40 bits per heavy atom. The summed E-state index contributed by atoms with van der Waals surface area (Å²) in [6.45, 7) is 2.21. The quantitative estimate of drug-likeness (QED) is 0.659. The Balaban J connectivity index is 1.60. The molecule has 0 unspecified atom stereocenters. The van der Waals surface area contributed by atoms with Gasteiger partial charge in [0.1, 0.15) is 0 Å². The van der Waals surface area contributed by atoms with Crippen molar-refractivity contribution in [2.24, 2.45) is 5.16 Å². The van der Waals surface area contributed by atoms with Crippen LogP contribution < -0.4 is 0 Å². The van der Waals surface area contributed by atoms with Crippen LogP contribution >= 0.6 is 0 Å². The van der Waals surface area contributed by atoms with Crippen LogP contribution in [-0.4, -0.2) is 35.0 Å². The topological polar surface area (TPSA) is 35.8 Å². The summed E-state index contributed by atoms with van der Waals surface area (Å²) in [5.41, 5.74) is 3.82. The zero-order valence-corrected chi connectivity index (χ0v) is 11.8. The van der Waals surface area contributed by atoms with Crippen molar-refractivity contribution in [3.8, 4) is 0 Å². The fourth-order valence-electron chi connectivity index (χ4n) is 3.33. The van der Waals surface area contributed by atoms with E-state index >= 15 is 0 Å². The van der Waals surface area contributed by atoms with Gasteiger partial charge in [0, 0.05) is 19.1 Å². The molecule has 1 N–H and O–H groups in total. The lowest BCUT2D eigenvalue weighted by Crippen LogP contribution is -2.40. The minimum absolute atomic E-state index is 0.661. The lowest BCUT2D eigenvalue weighted by atomic mass is 9.90. The Hall–Kier alpha value is -1.61. The van der Waals surface area contributed by atoms with E-state index in [2.05, 4.69) is 46.5 Å². The first kappa shape index (κ1) is 13.4. The molecule has 3 heteroatoms.